The van der Waals surface area contributed by atoms with Gasteiger partial charge in [-0.25, -0.2) is 0 Å². The second kappa shape index (κ2) is 9.02. The third-order valence-corrected chi connectivity index (χ3v) is 4.36. The minimum atomic E-state index is -0.422. The molecule has 0 saturated carbocycles. The Labute approximate surface area is 160 Å². The number of carbonyl (C=O) groups is 1. The van der Waals surface area contributed by atoms with Crippen molar-refractivity contribution in [3.63, 3.8) is 0 Å². The van der Waals surface area contributed by atoms with E-state index < -0.39 is 5.91 Å². The summed E-state index contributed by atoms with van der Waals surface area (Å²) in [5, 5.41) is 21.3. The van der Waals surface area contributed by atoms with Gasteiger partial charge in [-0.3, -0.25) is 4.79 Å². The van der Waals surface area contributed by atoms with Gasteiger partial charge in [-0.1, -0.05) is 29.8 Å². The number of nitrogens with zero attached hydrogens (tertiary/aromatic N) is 2. The molecular formula is C22H25N3O2. The molecule has 0 aliphatic rings. The zero-order chi connectivity index (χ0) is 20.0. The van der Waals surface area contributed by atoms with Gasteiger partial charge < -0.3 is 15.3 Å². The van der Waals surface area contributed by atoms with Crippen molar-refractivity contribution in [2.75, 3.05) is 30.4 Å². The summed E-state index contributed by atoms with van der Waals surface area (Å²) < 4.78 is 0. The number of hydrogen-bond donors (Lipinski definition) is 2. The number of amides is 1. The molecule has 0 aliphatic carbocycles. The molecule has 0 spiro atoms. The first-order chi connectivity index (χ1) is 12.8. The van der Waals surface area contributed by atoms with Crippen LogP contribution in [0.25, 0.3) is 6.08 Å². The van der Waals surface area contributed by atoms with Gasteiger partial charge in [-0.2, -0.15) is 5.26 Å². The van der Waals surface area contributed by atoms with Crippen LogP contribution < -0.4 is 10.2 Å². The van der Waals surface area contributed by atoms with Crippen LogP contribution in [-0.2, 0) is 4.79 Å². The van der Waals surface area contributed by atoms with Crippen LogP contribution in [0.4, 0.5) is 11.4 Å². The number of nitriles is 1. The van der Waals surface area contributed by atoms with E-state index in [2.05, 4.69) is 5.32 Å². The molecule has 0 fully saturated rings. The first-order valence-corrected chi connectivity index (χ1v) is 8.78. The highest BCUT2D eigenvalue weighted by atomic mass is 16.3. The Morgan fingerprint density at radius 1 is 1.19 bits per heavy atom. The largest absolute Gasteiger partial charge is 0.395 e. The Hall–Kier alpha value is -3.10. The van der Waals surface area contributed by atoms with Crippen LogP contribution in [-0.4, -0.2) is 31.2 Å². The average Bonchev–Trinajstić information content (AvgIpc) is 2.63. The van der Waals surface area contributed by atoms with Gasteiger partial charge in [0.2, 0.25) is 0 Å². The van der Waals surface area contributed by atoms with Gasteiger partial charge in [0.1, 0.15) is 11.6 Å². The number of anilines is 2. The van der Waals surface area contributed by atoms with Gasteiger partial charge in [-0.15, -0.1) is 0 Å². The summed E-state index contributed by atoms with van der Waals surface area (Å²) in [5.41, 5.74) is 5.57. The van der Waals surface area contributed by atoms with Crippen molar-refractivity contribution in [3.8, 4) is 6.07 Å². The van der Waals surface area contributed by atoms with E-state index in [0.29, 0.717) is 6.54 Å². The van der Waals surface area contributed by atoms with Crippen molar-refractivity contribution in [1.82, 2.24) is 0 Å². The van der Waals surface area contributed by atoms with E-state index in [1.54, 1.807) is 6.08 Å². The maximum Gasteiger partial charge on any atom is 0.266 e. The number of likely N-dealkylation sites (N-methyl/N-ethyl adjacent to an activating group) is 1. The van der Waals surface area contributed by atoms with Gasteiger partial charge in [0.15, 0.2) is 0 Å². The molecule has 2 aromatic rings. The van der Waals surface area contributed by atoms with Crippen LogP contribution in [0.2, 0.25) is 0 Å². The fraction of sp³-hybridized carbons (Fsp3) is 0.273. The molecule has 0 atom stereocenters. The molecular weight excluding hydrogens is 338 g/mol. The lowest BCUT2D eigenvalue weighted by Gasteiger charge is -2.17. The molecule has 140 valence electrons. The third-order valence-electron chi connectivity index (χ3n) is 4.36. The van der Waals surface area contributed by atoms with Gasteiger partial charge in [0.05, 0.1) is 6.61 Å². The number of carbonyl (C=O) groups excluding carboxylic acids is 1. The fourth-order valence-electron chi connectivity index (χ4n) is 2.98. The number of hydrogen-bond acceptors (Lipinski definition) is 4. The highest BCUT2D eigenvalue weighted by Crippen LogP contribution is 2.23. The maximum absolute atomic E-state index is 12.6. The molecule has 0 unspecified atom stereocenters. The molecule has 2 N–H and O–H groups in total. The number of nitrogens with one attached hydrogen (secondary N) is 1. The van der Waals surface area contributed by atoms with E-state index in [9.17, 15) is 10.1 Å². The molecule has 2 rings (SSSR count). The van der Waals surface area contributed by atoms with Crippen molar-refractivity contribution >= 4 is 23.4 Å². The predicted molar refractivity (Wildman–Crippen MR) is 110 cm³/mol. The lowest BCUT2D eigenvalue weighted by Crippen LogP contribution is -2.20. The van der Waals surface area contributed by atoms with Crippen molar-refractivity contribution in [2.45, 2.75) is 20.8 Å². The minimum absolute atomic E-state index is 0.0471. The number of benzene rings is 2. The Bertz CT molecular complexity index is 870. The average molecular weight is 363 g/mol. The number of rotatable bonds is 6. The van der Waals surface area contributed by atoms with E-state index in [1.807, 2.05) is 75.2 Å². The zero-order valence-corrected chi connectivity index (χ0v) is 16.2. The van der Waals surface area contributed by atoms with E-state index in [1.165, 1.54) is 0 Å². The van der Waals surface area contributed by atoms with Gasteiger partial charge in [0, 0.05) is 25.0 Å². The Morgan fingerprint density at radius 3 is 2.30 bits per heavy atom. The summed E-state index contributed by atoms with van der Waals surface area (Å²) in [5.74, 6) is -0.422. The summed E-state index contributed by atoms with van der Waals surface area (Å²) in [6.07, 6.45) is 1.57. The Balaban J connectivity index is 2.21. The molecule has 5 heteroatoms. The quantitative estimate of drug-likeness (QED) is 0.607. The molecule has 1 amide bonds. The fourth-order valence-corrected chi connectivity index (χ4v) is 2.98. The van der Waals surface area contributed by atoms with Crippen LogP contribution in [0.1, 0.15) is 22.3 Å². The Morgan fingerprint density at radius 2 is 1.78 bits per heavy atom. The number of aliphatic hydroxyl groups excluding tert-OH is 1. The van der Waals surface area contributed by atoms with Crippen LogP contribution in [0, 0.1) is 32.1 Å². The molecule has 0 aromatic heterocycles. The van der Waals surface area contributed by atoms with Crippen LogP contribution >= 0.6 is 0 Å². The SMILES string of the molecule is Cc1cc(C)c(NC(=O)/C(C#N)=C/c2ccc(N(C)CCO)cc2)c(C)c1. The second-order valence-corrected chi connectivity index (χ2v) is 6.63. The van der Waals surface area contributed by atoms with E-state index in [4.69, 9.17) is 5.11 Å². The lowest BCUT2D eigenvalue weighted by atomic mass is 10.0. The van der Waals surface area contributed by atoms with Gasteiger partial charge in [-0.05, 0) is 55.7 Å². The highest BCUT2D eigenvalue weighted by Gasteiger charge is 2.13. The van der Waals surface area contributed by atoms with Crippen LogP contribution in [0.5, 0.6) is 0 Å². The van der Waals surface area contributed by atoms with Crippen molar-refractivity contribution in [1.29, 1.82) is 5.26 Å². The standard InChI is InChI=1S/C22H25N3O2/c1-15-11-16(2)21(17(3)12-15)24-22(27)19(14-23)13-18-5-7-20(8-6-18)25(4)9-10-26/h5-8,11-13,26H,9-10H2,1-4H3,(H,24,27)/b19-13+. The first-order valence-electron chi connectivity index (χ1n) is 8.78. The number of aryl methyl sites for hydroxylation is 3. The molecule has 0 saturated heterocycles. The van der Waals surface area contributed by atoms with Crippen molar-refractivity contribution in [2.24, 2.45) is 0 Å². The summed E-state index contributed by atoms with van der Waals surface area (Å²) >= 11 is 0. The first kappa shape index (κ1) is 20.2. The topological polar surface area (TPSA) is 76.4 Å². The summed E-state index contributed by atoms with van der Waals surface area (Å²) in [4.78, 5) is 14.5. The molecule has 5 nitrogen and oxygen atoms in total. The van der Waals surface area contributed by atoms with Crippen LogP contribution in [0.3, 0.4) is 0 Å². The highest BCUT2D eigenvalue weighted by molar-refractivity contribution is 6.10. The Kier molecular flexibility index (Phi) is 6.75. The van der Waals surface area contributed by atoms with E-state index >= 15 is 0 Å². The maximum atomic E-state index is 12.6. The molecule has 0 bridgehead atoms. The molecule has 2 aromatic carbocycles. The van der Waals surface area contributed by atoms with Crippen LogP contribution in [0.15, 0.2) is 42.0 Å². The normalized spacial score (nSPS) is 11.0. The molecule has 0 radical (unpaired) electrons. The van der Waals surface area contributed by atoms with Crippen molar-refractivity contribution in [3.05, 3.63) is 64.2 Å². The van der Waals surface area contributed by atoms with E-state index in [-0.39, 0.29) is 12.2 Å². The lowest BCUT2D eigenvalue weighted by molar-refractivity contribution is -0.112. The minimum Gasteiger partial charge on any atom is -0.395 e. The molecule has 27 heavy (non-hydrogen) atoms. The monoisotopic (exact) mass is 363 g/mol. The molecule has 0 heterocycles. The second-order valence-electron chi connectivity index (χ2n) is 6.63. The van der Waals surface area contributed by atoms with Gasteiger partial charge >= 0.3 is 0 Å². The summed E-state index contributed by atoms with van der Waals surface area (Å²) in [7, 11) is 1.89. The van der Waals surface area contributed by atoms with Gasteiger partial charge in [0.25, 0.3) is 5.91 Å². The zero-order valence-electron chi connectivity index (χ0n) is 16.2. The predicted octanol–water partition coefficient (Wildman–Crippen LogP) is 3.59. The van der Waals surface area contributed by atoms with Crippen molar-refractivity contribution < 1.29 is 9.90 Å². The summed E-state index contributed by atoms with van der Waals surface area (Å²) in [6.45, 7) is 6.50. The molecule has 0 aliphatic heterocycles. The van der Waals surface area contributed by atoms with E-state index in [0.717, 1.165) is 33.6 Å². The summed E-state index contributed by atoms with van der Waals surface area (Å²) in [6, 6.07) is 13.5. The number of aliphatic hydroxyl groups is 1. The third kappa shape index (κ3) is 5.19. The smallest absolute Gasteiger partial charge is 0.266 e.